The van der Waals surface area contributed by atoms with Gasteiger partial charge in [-0.1, -0.05) is 39.8 Å². The van der Waals surface area contributed by atoms with E-state index < -0.39 is 0 Å². The molecule has 1 aliphatic heterocycles. The second kappa shape index (κ2) is 7.79. The zero-order valence-electron chi connectivity index (χ0n) is 15.3. The van der Waals surface area contributed by atoms with E-state index in [0.29, 0.717) is 19.6 Å². The fourth-order valence-corrected chi connectivity index (χ4v) is 2.86. The number of piperazine rings is 1. The predicted octanol–water partition coefficient (Wildman–Crippen LogP) is 2.38. The summed E-state index contributed by atoms with van der Waals surface area (Å²) in [5, 5.41) is 2.96. The van der Waals surface area contributed by atoms with Gasteiger partial charge in [-0.25, -0.2) is 0 Å². The molecule has 1 saturated heterocycles. The molecule has 0 unspecified atom stereocenters. The van der Waals surface area contributed by atoms with E-state index in [4.69, 9.17) is 0 Å². The van der Waals surface area contributed by atoms with Crippen LogP contribution < -0.4 is 5.32 Å². The van der Waals surface area contributed by atoms with Gasteiger partial charge < -0.3 is 10.2 Å². The first-order valence-corrected chi connectivity index (χ1v) is 8.70. The highest BCUT2D eigenvalue weighted by Crippen LogP contribution is 2.18. The molecule has 2 amide bonds. The Balaban J connectivity index is 1.81. The van der Waals surface area contributed by atoms with E-state index in [1.807, 2.05) is 43.9 Å². The summed E-state index contributed by atoms with van der Waals surface area (Å²) in [6.45, 7) is 11.2. The first-order chi connectivity index (χ1) is 11.3. The number of benzene rings is 1. The molecule has 0 saturated carbocycles. The highest BCUT2D eigenvalue weighted by Gasteiger charge is 2.29. The van der Waals surface area contributed by atoms with Gasteiger partial charge >= 0.3 is 0 Å². The number of hydrogen-bond acceptors (Lipinski definition) is 3. The lowest BCUT2D eigenvalue weighted by molar-refractivity contribution is -0.141. The minimum Gasteiger partial charge on any atom is -0.340 e. The maximum absolute atomic E-state index is 12.3. The fourth-order valence-electron chi connectivity index (χ4n) is 2.86. The SMILES string of the molecule is CCc1cccc(NC(=O)CN2CCN(C(=O)C(C)(C)C)CC2)c1. The van der Waals surface area contributed by atoms with Crippen molar-refractivity contribution in [2.24, 2.45) is 5.41 Å². The van der Waals surface area contributed by atoms with E-state index in [0.717, 1.165) is 25.2 Å². The van der Waals surface area contributed by atoms with Crippen LogP contribution in [0.2, 0.25) is 0 Å². The number of anilines is 1. The van der Waals surface area contributed by atoms with Crippen molar-refractivity contribution in [1.82, 2.24) is 9.80 Å². The average molecular weight is 331 g/mol. The Hall–Kier alpha value is -1.88. The van der Waals surface area contributed by atoms with Gasteiger partial charge in [-0.3, -0.25) is 14.5 Å². The Morgan fingerprint density at radius 3 is 2.38 bits per heavy atom. The number of nitrogens with zero attached hydrogens (tertiary/aromatic N) is 2. The molecule has 1 fully saturated rings. The van der Waals surface area contributed by atoms with Gasteiger partial charge in [0.1, 0.15) is 0 Å². The lowest BCUT2D eigenvalue weighted by Crippen LogP contribution is -2.52. The summed E-state index contributed by atoms with van der Waals surface area (Å²) in [6, 6.07) is 7.95. The number of hydrogen-bond donors (Lipinski definition) is 1. The van der Waals surface area contributed by atoms with Crippen LogP contribution in [0.15, 0.2) is 24.3 Å². The number of nitrogens with one attached hydrogen (secondary N) is 1. The predicted molar refractivity (Wildman–Crippen MR) is 96.9 cm³/mol. The van der Waals surface area contributed by atoms with E-state index in [-0.39, 0.29) is 17.2 Å². The molecule has 5 nitrogen and oxygen atoms in total. The minimum absolute atomic E-state index is 0.00106. The molecule has 0 aromatic heterocycles. The van der Waals surface area contributed by atoms with Gasteiger partial charge in [0, 0.05) is 37.3 Å². The standard InChI is InChI=1S/C19H29N3O2/c1-5-15-7-6-8-16(13-15)20-17(23)14-21-9-11-22(12-10-21)18(24)19(2,3)4/h6-8,13H,5,9-12,14H2,1-4H3,(H,20,23). The Labute approximate surface area is 145 Å². The van der Waals surface area contributed by atoms with Crippen molar-refractivity contribution in [2.75, 3.05) is 38.0 Å². The first kappa shape index (κ1) is 18.5. The molecule has 0 radical (unpaired) electrons. The molecule has 0 bridgehead atoms. The third-order valence-corrected chi connectivity index (χ3v) is 4.29. The van der Waals surface area contributed by atoms with Gasteiger partial charge in [0.25, 0.3) is 0 Å². The zero-order chi connectivity index (χ0) is 17.7. The van der Waals surface area contributed by atoms with Crippen molar-refractivity contribution in [2.45, 2.75) is 34.1 Å². The number of amides is 2. The summed E-state index contributed by atoms with van der Waals surface area (Å²) in [5.41, 5.74) is 1.71. The molecule has 1 aromatic rings. The van der Waals surface area contributed by atoms with Crippen LogP contribution in [0.25, 0.3) is 0 Å². The van der Waals surface area contributed by atoms with Crippen molar-refractivity contribution in [3.8, 4) is 0 Å². The molecule has 0 aliphatic carbocycles. The van der Waals surface area contributed by atoms with E-state index in [1.165, 1.54) is 5.56 Å². The highest BCUT2D eigenvalue weighted by molar-refractivity contribution is 5.92. The summed E-state index contributed by atoms with van der Waals surface area (Å²) in [4.78, 5) is 28.5. The maximum Gasteiger partial charge on any atom is 0.238 e. The van der Waals surface area contributed by atoms with Gasteiger partial charge in [-0.15, -0.1) is 0 Å². The van der Waals surface area contributed by atoms with Crippen LogP contribution in [0, 0.1) is 5.41 Å². The van der Waals surface area contributed by atoms with Gasteiger partial charge in [0.05, 0.1) is 6.54 Å². The smallest absolute Gasteiger partial charge is 0.238 e. The number of rotatable bonds is 4. The van der Waals surface area contributed by atoms with Crippen LogP contribution in [-0.4, -0.2) is 54.3 Å². The molecular weight excluding hydrogens is 302 g/mol. The van der Waals surface area contributed by atoms with Crippen LogP contribution in [0.1, 0.15) is 33.3 Å². The van der Waals surface area contributed by atoms with E-state index in [9.17, 15) is 9.59 Å². The quantitative estimate of drug-likeness (QED) is 0.921. The lowest BCUT2D eigenvalue weighted by atomic mass is 9.94. The largest absolute Gasteiger partial charge is 0.340 e. The van der Waals surface area contributed by atoms with Gasteiger partial charge in [-0.05, 0) is 24.1 Å². The molecule has 5 heteroatoms. The second-order valence-electron chi connectivity index (χ2n) is 7.42. The van der Waals surface area contributed by atoms with Gasteiger partial charge in [-0.2, -0.15) is 0 Å². The molecule has 2 rings (SSSR count). The van der Waals surface area contributed by atoms with Crippen LogP contribution >= 0.6 is 0 Å². The Bertz CT molecular complexity index is 585. The first-order valence-electron chi connectivity index (χ1n) is 8.70. The van der Waals surface area contributed by atoms with Gasteiger partial charge in [0.2, 0.25) is 11.8 Å². The van der Waals surface area contributed by atoms with Crippen molar-refractivity contribution in [3.05, 3.63) is 29.8 Å². The van der Waals surface area contributed by atoms with Crippen molar-refractivity contribution < 1.29 is 9.59 Å². The Morgan fingerprint density at radius 2 is 1.79 bits per heavy atom. The van der Waals surface area contributed by atoms with E-state index >= 15 is 0 Å². The number of aryl methyl sites for hydroxylation is 1. The highest BCUT2D eigenvalue weighted by atomic mass is 16.2. The lowest BCUT2D eigenvalue weighted by Gasteiger charge is -2.37. The zero-order valence-corrected chi connectivity index (χ0v) is 15.3. The second-order valence-corrected chi connectivity index (χ2v) is 7.42. The molecule has 1 heterocycles. The molecule has 1 aliphatic rings. The van der Waals surface area contributed by atoms with Crippen LogP contribution in [0.4, 0.5) is 5.69 Å². The number of carbonyl (C=O) groups excluding carboxylic acids is 2. The average Bonchev–Trinajstić information content (AvgIpc) is 2.54. The molecule has 1 aromatic carbocycles. The summed E-state index contributed by atoms with van der Waals surface area (Å²) in [7, 11) is 0. The monoisotopic (exact) mass is 331 g/mol. The Kier molecular flexibility index (Phi) is 5.99. The topological polar surface area (TPSA) is 52.7 Å². The van der Waals surface area contributed by atoms with Crippen molar-refractivity contribution >= 4 is 17.5 Å². The third-order valence-electron chi connectivity index (χ3n) is 4.29. The Morgan fingerprint density at radius 1 is 1.12 bits per heavy atom. The maximum atomic E-state index is 12.3. The molecule has 1 N–H and O–H groups in total. The third kappa shape index (κ3) is 5.06. The van der Waals surface area contributed by atoms with Crippen LogP contribution in [-0.2, 0) is 16.0 Å². The summed E-state index contributed by atoms with van der Waals surface area (Å²) in [5.74, 6) is 0.182. The molecule has 132 valence electrons. The van der Waals surface area contributed by atoms with Crippen LogP contribution in [0.5, 0.6) is 0 Å². The normalized spacial score (nSPS) is 16.1. The molecule has 0 spiro atoms. The molecule has 24 heavy (non-hydrogen) atoms. The van der Waals surface area contributed by atoms with Crippen LogP contribution in [0.3, 0.4) is 0 Å². The summed E-state index contributed by atoms with van der Waals surface area (Å²) >= 11 is 0. The number of carbonyl (C=O) groups is 2. The minimum atomic E-state index is -0.343. The van der Waals surface area contributed by atoms with Crippen molar-refractivity contribution in [3.63, 3.8) is 0 Å². The summed E-state index contributed by atoms with van der Waals surface area (Å²) in [6.07, 6.45) is 0.952. The van der Waals surface area contributed by atoms with Gasteiger partial charge in [0.15, 0.2) is 0 Å². The van der Waals surface area contributed by atoms with E-state index in [1.54, 1.807) is 0 Å². The fraction of sp³-hybridized carbons (Fsp3) is 0.579. The van der Waals surface area contributed by atoms with Crippen molar-refractivity contribution in [1.29, 1.82) is 0 Å². The summed E-state index contributed by atoms with van der Waals surface area (Å²) < 4.78 is 0. The van der Waals surface area contributed by atoms with E-state index in [2.05, 4.69) is 23.2 Å². The molecule has 0 atom stereocenters. The molecular formula is C19H29N3O2.